The molecule has 0 aromatic carbocycles. The number of alkyl halides is 3. The molecule has 0 spiro atoms. The lowest BCUT2D eigenvalue weighted by molar-refractivity contribution is -0.184. The number of amides is 1. The van der Waals surface area contributed by atoms with Crippen LogP contribution in [0.1, 0.15) is 26.2 Å². The normalized spacial score (nSPS) is 21.5. The lowest BCUT2D eigenvalue weighted by Crippen LogP contribution is -2.41. The van der Waals surface area contributed by atoms with Gasteiger partial charge in [0.25, 0.3) is 0 Å². The predicted octanol–water partition coefficient (Wildman–Crippen LogP) is 1.54. The molecule has 0 bridgehead atoms. The molecule has 1 heterocycles. The first kappa shape index (κ1) is 13.3. The number of carbonyl (C=O) groups excluding carboxylic acids is 1. The molecule has 0 aromatic heterocycles. The maximum atomic E-state index is 12.1. The van der Waals surface area contributed by atoms with Gasteiger partial charge in [0.05, 0.1) is 0 Å². The number of halogens is 3. The Labute approximate surface area is 93.0 Å². The van der Waals surface area contributed by atoms with E-state index in [1.165, 1.54) is 0 Å². The highest BCUT2D eigenvalue weighted by atomic mass is 19.4. The average Bonchev–Trinajstić information content (AvgIpc) is 2.64. The topological polar surface area (TPSA) is 32.3 Å². The lowest BCUT2D eigenvalue weighted by atomic mass is 10.2. The third-order valence-electron chi connectivity index (χ3n) is 2.68. The summed E-state index contributed by atoms with van der Waals surface area (Å²) in [6, 6.07) is 0.0119. The Balaban J connectivity index is 2.32. The van der Waals surface area contributed by atoms with Crippen LogP contribution in [0.4, 0.5) is 13.2 Å². The second-order valence-electron chi connectivity index (χ2n) is 4.04. The summed E-state index contributed by atoms with van der Waals surface area (Å²) in [4.78, 5) is 11.8. The van der Waals surface area contributed by atoms with E-state index in [0.29, 0.717) is 6.42 Å². The molecule has 1 rings (SSSR count). The second-order valence-corrected chi connectivity index (χ2v) is 4.04. The van der Waals surface area contributed by atoms with Crippen LogP contribution in [0.15, 0.2) is 0 Å². The molecule has 1 fully saturated rings. The van der Waals surface area contributed by atoms with Crippen molar-refractivity contribution in [3.63, 3.8) is 0 Å². The number of hydrogen-bond acceptors (Lipinski definition) is 2. The van der Waals surface area contributed by atoms with E-state index >= 15 is 0 Å². The molecule has 94 valence electrons. The molecule has 3 nitrogen and oxygen atoms in total. The molecular formula is C10H17F3N2O. The minimum Gasteiger partial charge on any atom is -0.333 e. The first-order valence-electron chi connectivity index (χ1n) is 5.54. The van der Waals surface area contributed by atoms with Crippen molar-refractivity contribution in [1.29, 1.82) is 0 Å². The van der Waals surface area contributed by atoms with Crippen molar-refractivity contribution in [1.82, 2.24) is 10.2 Å². The number of nitrogens with zero attached hydrogens (tertiary/aromatic N) is 1. The summed E-state index contributed by atoms with van der Waals surface area (Å²) in [5.41, 5.74) is 0. The Bertz CT molecular complexity index is 243. The van der Waals surface area contributed by atoms with Crippen LogP contribution in [0.25, 0.3) is 0 Å². The number of likely N-dealkylation sites (tertiary alicyclic amines) is 1. The highest BCUT2D eigenvalue weighted by Gasteiger charge is 2.44. The summed E-state index contributed by atoms with van der Waals surface area (Å²) in [6.45, 7) is 3.22. The van der Waals surface area contributed by atoms with Gasteiger partial charge in [0.2, 0.25) is 0 Å². The fraction of sp³-hybridized carbons (Fsp3) is 0.900. The fourth-order valence-electron chi connectivity index (χ4n) is 1.77. The van der Waals surface area contributed by atoms with Gasteiger partial charge in [-0.15, -0.1) is 0 Å². The molecule has 0 aromatic rings. The van der Waals surface area contributed by atoms with Crippen LogP contribution in [0, 0.1) is 0 Å². The zero-order valence-corrected chi connectivity index (χ0v) is 9.31. The molecule has 1 aliphatic heterocycles. The molecule has 1 N–H and O–H groups in total. The van der Waals surface area contributed by atoms with Gasteiger partial charge in [-0.2, -0.15) is 13.2 Å². The second kappa shape index (κ2) is 5.52. The smallest absolute Gasteiger partial charge is 0.333 e. The van der Waals surface area contributed by atoms with Gasteiger partial charge >= 0.3 is 12.1 Å². The van der Waals surface area contributed by atoms with Gasteiger partial charge in [0.1, 0.15) is 0 Å². The lowest BCUT2D eigenvalue weighted by Gasteiger charge is -2.18. The number of hydrogen-bond donors (Lipinski definition) is 1. The average molecular weight is 238 g/mol. The summed E-state index contributed by atoms with van der Waals surface area (Å²) in [5.74, 6) is -1.72. The first-order chi connectivity index (χ1) is 7.45. The summed E-state index contributed by atoms with van der Waals surface area (Å²) in [5, 5.41) is 3.16. The Morgan fingerprint density at radius 1 is 1.50 bits per heavy atom. The van der Waals surface area contributed by atoms with Crippen molar-refractivity contribution in [2.75, 3.05) is 19.6 Å². The van der Waals surface area contributed by atoms with E-state index in [1.807, 2.05) is 0 Å². The van der Waals surface area contributed by atoms with Crippen LogP contribution >= 0.6 is 0 Å². The number of carbonyl (C=O) groups is 1. The highest BCUT2D eigenvalue weighted by molar-refractivity contribution is 5.82. The molecular weight excluding hydrogens is 221 g/mol. The summed E-state index contributed by atoms with van der Waals surface area (Å²) >= 11 is 0. The minimum atomic E-state index is -4.74. The SMILES string of the molecule is CCCCNC1CCN(C(=O)C(F)(F)F)C1. The van der Waals surface area contributed by atoms with Crippen molar-refractivity contribution < 1.29 is 18.0 Å². The maximum absolute atomic E-state index is 12.1. The van der Waals surface area contributed by atoms with E-state index in [9.17, 15) is 18.0 Å². The molecule has 16 heavy (non-hydrogen) atoms. The van der Waals surface area contributed by atoms with Gasteiger partial charge in [-0.25, -0.2) is 0 Å². The Kier molecular flexibility index (Phi) is 4.58. The molecule has 0 radical (unpaired) electrons. The molecule has 1 aliphatic rings. The highest BCUT2D eigenvalue weighted by Crippen LogP contribution is 2.21. The zero-order chi connectivity index (χ0) is 12.2. The third kappa shape index (κ3) is 3.66. The van der Waals surface area contributed by atoms with Crippen LogP contribution in [0.3, 0.4) is 0 Å². The van der Waals surface area contributed by atoms with Crippen LogP contribution < -0.4 is 5.32 Å². The molecule has 1 saturated heterocycles. The predicted molar refractivity (Wildman–Crippen MR) is 54.0 cm³/mol. The van der Waals surface area contributed by atoms with Crippen molar-refractivity contribution in [3.05, 3.63) is 0 Å². The largest absolute Gasteiger partial charge is 0.471 e. The molecule has 1 atom stereocenters. The van der Waals surface area contributed by atoms with Crippen LogP contribution in [0.5, 0.6) is 0 Å². The Morgan fingerprint density at radius 2 is 2.19 bits per heavy atom. The van der Waals surface area contributed by atoms with Crippen molar-refractivity contribution >= 4 is 5.91 Å². The van der Waals surface area contributed by atoms with E-state index in [0.717, 1.165) is 24.3 Å². The molecule has 0 saturated carbocycles. The number of unbranched alkanes of at least 4 members (excludes halogenated alkanes) is 1. The van der Waals surface area contributed by atoms with E-state index in [4.69, 9.17) is 0 Å². The van der Waals surface area contributed by atoms with E-state index in [-0.39, 0.29) is 19.1 Å². The van der Waals surface area contributed by atoms with Crippen LogP contribution in [0.2, 0.25) is 0 Å². The van der Waals surface area contributed by atoms with E-state index < -0.39 is 12.1 Å². The summed E-state index contributed by atoms with van der Waals surface area (Å²) in [6.07, 6.45) is -2.08. The minimum absolute atomic E-state index is 0.0119. The van der Waals surface area contributed by atoms with Crippen molar-refractivity contribution in [2.45, 2.75) is 38.4 Å². The standard InChI is InChI=1S/C10H17F3N2O/c1-2-3-5-14-8-4-6-15(7-8)9(16)10(11,12)13/h8,14H,2-7H2,1H3. The van der Waals surface area contributed by atoms with E-state index in [2.05, 4.69) is 12.2 Å². The van der Waals surface area contributed by atoms with Gasteiger partial charge in [-0.05, 0) is 19.4 Å². The van der Waals surface area contributed by atoms with Crippen LogP contribution in [-0.4, -0.2) is 42.7 Å². The number of nitrogens with one attached hydrogen (secondary N) is 1. The summed E-state index contributed by atoms with van der Waals surface area (Å²) in [7, 11) is 0. The van der Waals surface area contributed by atoms with Gasteiger partial charge in [-0.3, -0.25) is 4.79 Å². The Morgan fingerprint density at radius 3 is 2.75 bits per heavy atom. The van der Waals surface area contributed by atoms with Gasteiger partial charge < -0.3 is 10.2 Å². The first-order valence-corrected chi connectivity index (χ1v) is 5.54. The number of rotatable bonds is 4. The van der Waals surface area contributed by atoms with Gasteiger partial charge in [0.15, 0.2) is 0 Å². The maximum Gasteiger partial charge on any atom is 0.471 e. The van der Waals surface area contributed by atoms with Crippen molar-refractivity contribution in [2.24, 2.45) is 0 Å². The molecule has 6 heteroatoms. The van der Waals surface area contributed by atoms with Gasteiger partial charge in [0, 0.05) is 19.1 Å². The monoisotopic (exact) mass is 238 g/mol. The molecule has 1 amide bonds. The van der Waals surface area contributed by atoms with Crippen molar-refractivity contribution in [3.8, 4) is 0 Å². The fourth-order valence-corrected chi connectivity index (χ4v) is 1.77. The molecule has 0 aliphatic carbocycles. The quantitative estimate of drug-likeness (QED) is 0.753. The van der Waals surface area contributed by atoms with E-state index in [1.54, 1.807) is 0 Å². The molecule has 1 unspecified atom stereocenters. The van der Waals surface area contributed by atoms with Gasteiger partial charge in [-0.1, -0.05) is 13.3 Å². The summed E-state index contributed by atoms with van der Waals surface area (Å²) < 4.78 is 36.4. The zero-order valence-electron chi connectivity index (χ0n) is 9.31. The van der Waals surface area contributed by atoms with Crippen LogP contribution in [-0.2, 0) is 4.79 Å². The Hall–Kier alpha value is -0.780. The third-order valence-corrected chi connectivity index (χ3v) is 2.68.